The fourth-order valence-electron chi connectivity index (χ4n) is 7.71. The average Bonchev–Trinajstić information content (AvgIpc) is 3.82. The molecule has 0 saturated heterocycles. The molecule has 0 radical (unpaired) electrons. The molecule has 15 nitrogen and oxygen atoms in total. The van der Waals surface area contributed by atoms with Crippen molar-refractivity contribution in [3.05, 3.63) is 66.9 Å². The average molecular weight is 864 g/mol. The Morgan fingerprint density at radius 1 is 0.717 bits per heavy atom. The highest BCUT2D eigenvalue weighted by Crippen LogP contribution is 2.41. The lowest BCUT2D eigenvalue weighted by molar-refractivity contribution is -0.151. The molecule has 4 amide bonds. The zero-order chi connectivity index (χ0) is 43.4. The number of esters is 4. The molecular formula is C43H49N3O12S2. The minimum Gasteiger partial charge on any atom is -0.462 e. The number of imide groups is 1. The standard InChI is InChI=1S/C43H49N3O12S2/c1-7-55-42(53)34-26-12-9-22(5)16-30(26)59-36(34)44-32(47)19-57-40(51)24-11-14-25-28(18-24)39(50)46(38(25)49)29(15-21(3)4)41(52)58-20-33(48)45-37-35(43(54)56-8-2)27-13-10-23(6)17-31(27)60-37/h11,14,18,21-23,29H,7-10,12-13,15-17,19-20H2,1-6H3,(H,44,47)(H,45,48)/t22-,23+,29-/m1/s1. The van der Waals surface area contributed by atoms with E-state index in [9.17, 15) is 38.4 Å². The number of anilines is 2. The Labute approximate surface area is 355 Å². The summed E-state index contributed by atoms with van der Waals surface area (Å²) >= 11 is 2.58. The van der Waals surface area contributed by atoms with Crippen molar-refractivity contribution in [3.8, 4) is 0 Å². The summed E-state index contributed by atoms with van der Waals surface area (Å²) in [4.78, 5) is 109. The number of benzene rings is 1. The number of amides is 4. The first kappa shape index (κ1) is 44.1. The summed E-state index contributed by atoms with van der Waals surface area (Å²) in [6, 6.07) is 2.30. The van der Waals surface area contributed by atoms with Crippen molar-refractivity contribution in [2.45, 2.75) is 92.5 Å². The quantitative estimate of drug-likeness (QED) is 0.0969. The minimum atomic E-state index is -1.40. The van der Waals surface area contributed by atoms with Gasteiger partial charge in [-0.05, 0) is 106 Å². The number of rotatable bonds is 15. The molecule has 1 aliphatic heterocycles. The lowest BCUT2D eigenvalue weighted by Gasteiger charge is -2.25. The summed E-state index contributed by atoms with van der Waals surface area (Å²) in [5, 5.41) is 6.01. The molecule has 2 aromatic heterocycles. The van der Waals surface area contributed by atoms with Crippen molar-refractivity contribution in [1.82, 2.24) is 4.90 Å². The Balaban J connectivity index is 1.10. The van der Waals surface area contributed by atoms with Gasteiger partial charge in [0.25, 0.3) is 23.6 Å². The fraction of sp³-hybridized carbons (Fsp3) is 0.488. The summed E-state index contributed by atoms with van der Waals surface area (Å²) in [6.07, 6.45) is 4.67. The molecule has 2 N–H and O–H groups in total. The maximum absolute atomic E-state index is 13.8. The van der Waals surface area contributed by atoms with Crippen molar-refractivity contribution in [2.24, 2.45) is 17.8 Å². The summed E-state index contributed by atoms with van der Waals surface area (Å²) in [7, 11) is 0. The second-order valence-electron chi connectivity index (χ2n) is 15.7. The molecule has 3 atom stereocenters. The van der Waals surface area contributed by atoms with Gasteiger partial charge < -0.3 is 29.6 Å². The summed E-state index contributed by atoms with van der Waals surface area (Å²) in [5.74, 6) is -5.43. The number of fused-ring (bicyclic) bond motifs is 3. The van der Waals surface area contributed by atoms with Gasteiger partial charge in [0, 0.05) is 9.75 Å². The maximum Gasteiger partial charge on any atom is 0.341 e. The number of carbonyl (C=O) groups is 8. The Bertz CT molecular complexity index is 2240. The maximum atomic E-state index is 13.8. The molecular weight excluding hydrogens is 815 g/mol. The van der Waals surface area contributed by atoms with E-state index in [-0.39, 0.29) is 42.2 Å². The van der Waals surface area contributed by atoms with E-state index < -0.39 is 66.8 Å². The highest BCUT2D eigenvalue weighted by atomic mass is 32.1. The van der Waals surface area contributed by atoms with E-state index in [1.807, 2.05) is 0 Å². The van der Waals surface area contributed by atoms with Crippen LogP contribution in [0, 0.1) is 17.8 Å². The highest BCUT2D eigenvalue weighted by molar-refractivity contribution is 7.17. The summed E-state index contributed by atoms with van der Waals surface area (Å²) in [6.45, 7) is 10.1. The van der Waals surface area contributed by atoms with Crippen LogP contribution in [0.15, 0.2) is 18.2 Å². The molecule has 3 aromatic rings. The molecule has 2 aliphatic carbocycles. The van der Waals surface area contributed by atoms with Gasteiger partial charge in [-0.15, -0.1) is 22.7 Å². The van der Waals surface area contributed by atoms with Gasteiger partial charge in [-0.2, -0.15) is 0 Å². The van der Waals surface area contributed by atoms with Gasteiger partial charge in [0.2, 0.25) is 0 Å². The SMILES string of the molecule is CCOC(=O)c1c(NC(=O)COC(=O)c2ccc3c(c2)C(=O)N([C@H](CC(C)C)C(=O)OCC(=O)Nc2sc4c(c2C(=O)OCC)CC[C@H](C)C4)C3=O)sc2c1CC[C@@H](C)C2. The van der Waals surface area contributed by atoms with Crippen molar-refractivity contribution in [2.75, 3.05) is 37.1 Å². The van der Waals surface area contributed by atoms with E-state index in [0.717, 1.165) is 57.5 Å². The molecule has 0 spiro atoms. The monoisotopic (exact) mass is 863 g/mol. The van der Waals surface area contributed by atoms with Gasteiger partial charge in [0.1, 0.15) is 16.0 Å². The summed E-state index contributed by atoms with van der Waals surface area (Å²) in [5.41, 5.74) is 1.99. The van der Waals surface area contributed by atoms with E-state index in [0.29, 0.717) is 45.8 Å². The number of nitrogens with zero attached hydrogens (tertiary/aromatic N) is 1. The van der Waals surface area contributed by atoms with Crippen LogP contribution >= 0.6 is 22.7 Å². The fourth-order valence-corrected chi connectivity index (χ4v) is 10.5. The van der Waals surface area contributed by atoms with Crippen molar-refractivity contribution >= 4 is 80.2 Å². The molecule has 17 heteroatoms. The number of ether oxygens (including phenoxy) is 4. The van der Waals surface area contributed by atoms with Crippen LogP contribution < -0.4 is 10.6 Å². The van der Waals surface area contributed by atoms with Crippen LogP contribution in [0.2, 0.25) is 0 Å². The van der Waals surface area contributed by atoms with Crippen LogP contribution in [0.4, 0.5) is 10.0 Å². The zero-order valence-corrected chi connectivity index (χ0v) is 36.1. The van der Waals surface area contributed by atoms with Gasteiger partial charge in [0.15, 0.2) is 13.2 Å². The van der Waals surface area contributed by atoms with Gasteiger partial charge in [-0.1, -0.05) is 27.7 Å². The van der Waals surface area contributed by atoms with E-state index >= 15 is 0 Å². The molecule has 0 saturated carbocycles. The van der Waals surface area contributed by atoms with E-state index in [4.69, 9.17) is 18.9 Å². The Morgan fingerprint density at radius 3 is 1.72 bits per heavy atom. The molecule has 0 bridgehead atoms. The smallest absolute Gasteiger partial charge is 0.341 e. The first-order valence-electron chi connectivity index (χ1n) is 20.2. The second-order valence-corrected chi connectivity index (χ2v) is 17.9. The van der Waals surface area contributed by atoms with Gasteiger partial charge in [-0.3, -0.25) is 24.1 Å². The number of carbonyl (C=O) groups excluding carboxylic acids is 8. The van der Waals surface area contributed by atoms with Gasteiger partial charge in [0.05, 0.1) is 41.0 Å². The third-order valence-electron chi connectivity index (χ3n) is 10.6. The molecule has 60 heavy (non-hydrogen) atoms. The number of hydrogen-bond donors (Lipinski definition) is 2. The van der Waals surface area contributed by atoms with E-state index in [1.54, 1.807) is 27.7 Å². The Hall–Kier alpha value is -5.42. The predicted molar refractivity (Wildman–Crippen MR) is 222 cm³/mol. The molecule has 3 heterocycles. The van der Waals surface area contributed by atoms with Crippen LogP contribution in [0.1, 0.15) is 133 Å². The van der Waals surface area contributed by atoms with Crippen LogP contribution in [0.3, 0.4) is 0 Å². The molecule has 6 rings (SSSR count). The van der Waals surface area contributed by atoms with Crippen molar-refractivity contribution in [1.29, 1.82) is 0 Å². The van der Waals surface area contributed by atoms with Crippen LogP contribution in [0.5, 0.6) is 0 Å². The largest absolute Gasteiger partial charge is 0.462 e. The van der Waals surface area contributed by atoms with Crippen LogP contribution in [0.25, 0.3) is 0 Å². The van der Waals surface area contributed by atoms with E-state index in [2.05, 4.69) is 24.5 Å². The van der Waals surface area contributed by atoms with Gasteiger partial charge >= 0.3 is 23.9 Å². The molecule has 3 aliphatic rings. The van der Waals surface area contributed by atoms with Gasteiger partial charge in [-0.25, -0.2) is 19.2 Å². The Kier molecular flexibility index (Phi) is 13.9. The Morgan fingerprint density at radius 2 is 1.22 bits per heavy atom. The normalized spacial score (nSPS) is 17.3. The zero-order valence-electron chi connectivity index (χ0n) is 34.5. The number of nitrogens with one attached hydrogen (secondary N) is 2. The molecule has 1 aromatic carbocycles. The summed E-state index contributed by atoms with van der Waals surface area (Å²) < 4.78 is 21.2. The topological polar surface area (TPSA) is 201 Å². The highest BCUT2D eigenvalue weighted by Gasteiger charge is 2.44. The van der Waals surface area contributed by atoms with Crippen molar-refractivity contribution < 1.29 is 57.3 Å². The van der Waals surface area contributed by atoms with Crippen molar-refractivity contribution in [3.63, 3.8) is 0 Å². The first-order valence-corrected chi connectivity index (χ1v) is 21.8. The molecule has 320 valence electrons. The van der Waals surface area contributed by atoms with Crippen LogP contribution in [-0.4, -0.2) is 84.9 Å². The predicted octanol–water partition coefficient (Wildman–Crippen LogP) is 6.40. The van der Waals surface area contributed by atoms with E-state index in [1.165, 1.54) is 34.8 Å². The minimum absolute atomic E-state index is 0.0168. The lowest BCUT2D eigenvalue weighted by Crippen LogP contribution is -2.46. The third kappa shape index (κ3) is 9.46. The molecule has 0 fully saturated rings. The second kappa shape index (κ2) is 18.9. The van der Waals surface area contributed by atoms with Crippen LogP contribution in [-0.2, 0) is 59.0 Å². The third-order valence-corrected chi connectivity index (χ3v) is 12.9. The number of thiophene rings is 2. The first-order chi connectivity index (χ1) is 28.6. The number of hydrogen-bond acceptors (Lipinski definition) is 14. The molecule has 0 unspecified atom stereocenters. The lowest BCUT2D eigenvalue weighted by atomic mass is 9.88.